The van der Waals surface area contributed by atoms with Crippen LogP contribution in [0.25, 0.3) is 21.7 Å². The highest BCUT2D eigenvalue weighted by atomic mass is 16.2. The Labute approximate surface area is 511 Å². The van der Waals surface area contributed by atoms with Gasteiger partial charge in [0.2, 0.25) is 11.8 Å². The van der Waals surface area contributed by atoms with E-state index < -0.39 is 0 Å². The van der Waals surface area contributed by atoms with E-state index in [4.69, 9.17) is 0 Å². The number of unbranched alkanes of at least 4 members (excludes halogenated alkanes) is 6. The first-order chi connectivity index (χ1) is 41.7. The summed E-state index contributed by atoms with van der Waals surface area (Å²) in [4.78, 5) is 82.3. The molecule has 2 aliphatic heterocycles. The first-order valence-electron chi connectivity index (χ1n) is 31.6. The zero-order valence-corrected chi connectivity index (χ0v) is 52.2. The Morgan fingerprint density at radius 2 is 0.953 bits per heavy atom. The molecule has 13 heteroatoms. The number of anilines is 3. The number of rotatable bonds is 29. The fourth-order valence-corrected chi connectivity index (χ4v) is 11.6. The van der Waals surface area contributed by atoms with Gasteiger partial charge in [-0.2, -0.15) is 0 Å². The number of hydrogen-bond acceptors (Lipinski definition) is 9. The van der Waals surface area contributed by atoms with Crippen LogP contribution in [-0.4, -0.2) is 85.9 Å². The van der Waals surface area contributed by atoms with Crippen LogP contribution in [-0.2, 0) is 49.9 Å². The van der Waals surface area contributed by atoms with Crippen LogP contribution in [0.15, 0.2) is 133 Å². The maximum atomic E-state index is 13.3. The highest BCUT2D eigenvalue weighted by Gasteiger charge is 2.35. The lowest BCUT2D eigenvalue weighted by molar-refractivity contribution is -0.123. The molecule has 1 aromatic heterocycles. The van der Waals surface area contributed by atoms with Crippen LogP contribution in [0.2, 0.25) is 0 Å². The van der Waals surface area contributed by atoms with Gasteiger partial charge in [0, 0.05) is 132 Å². The molecule has 2 unspecified atom stereocenters. The number of nitrogens with one attached hydrogen (secondary N) is 4. The number of aromatic nitrogens is 1. The van der Waals surface area contributed by atoms with Gasteiger partial charge in [0.15, 0.2) is 0 Å². The standard InChI is InChI=1S/C30H37N3O2.C25H32N2O2.C18H24N2O2/c1-4-24(34)14-6-5-9-19-31-30(35)29-20-22-12-7-8-17-27(22)33(29)21-23-13-10-16-26-25(23)15-11-18-28(26)32(2)3;1-3-22(28)10-5-4-8-16-26-25(29)24-17-21-9-6-7-11-23(21)27(24)18-20-14-12-19(2)13-15-20;1-3-14(21)9-5-4-8-12-19-18(22)17-13(2)15-10-6-7-11-16(15)20-17/h7-8,10-13,15-18,29H,4-6,9,14,19-21H2,1-3H3,(H,31,35);6-7,9,11-15,24H,3-5,8,10,16-18H2,1-2H3,(H,26,29);6-7,10-11,20H,3-5,8-9,12H2,1-2H3,(H,19,22). The summed E-state index contributed by atoms with van der Waals surface area (Å²) in [5.74, 6) is 1.08. The molecule has 86 heavy (non-hydrogen) atoms. The van der Waals surface area contributed by atoms with Gasteiger partial charge in [-0.25, -0.2) is 0 Å². The van der Waals surface area contributed by atoms with Crippen molar-refractivity contribution in [3.8, 4) is 0 Å². The summed E-state index contributed by atoms with van der Waals surface area (Å²) in [5.41, 5.74) is 12.3. The van der Waals surface area contributed by atoms with E-state index in [0.29, 0.717) is 87.7 Å². The van der Waals surface area contributed by atoms with Gasteiger partial charge in [0.25, 0.3) is 5.91 Å². The number of nitrogens with zero attached hydrogens (tertiary/aromatic N) is 3. The first-order valence-corrected chi connectivity index (χ1v) is 31.6. The molecule has 9 rings (SSSR count). The Hall–Kier alpha value is -8.06. The molecule has 7 aromatic rings. The summed E-state index contributed by atoms with van der Waals surface area (Å²) < 4.78 is 0. The zero-order valence-electron chi connectivity index (χ0n) is 52.2. The number of carbonyl (C=O) groups excluding carboxylic acids is 6. The Morgan fingerprint density at radius 3 is 1.48 bits per heavy atom. The van der Waals surface area contributed by atoms with Crippen molar-refractivity contribution in [1.82, 2.24) is 20.9 Å². The lowest BCUT2D eigenvalue weighted by Gasteiger charge is -2.28. The van der Waals surface area contributed by atoms with Crippen LogP contribution in [0.4, 0.5) is 17.1 Å². The van der Waals surface area contributed by atoms with Crippen molar-refractivity contribution in [3.63, 3.8) is 0 Å². The van der Waals surface area contributed by atoms with Gasteiger partial charge in [0.1, 0.15) is 35.1 Å². The Morgan fingerprint density at radius 1 is 0.488 bits per heavy atom. The summed E-state index contributed by atoms with van der Waals surface area (Å²) in [6.07, 6.45) is 13.7. The van der Waals surface area contributed by atoms with Crippen molar-refractivity contribution < 1.29 is 28.8 Å². The molecular weight excluding hydrogens is 1070 g/mol. The maximum absolute atomic E-state index is 13.3. The number of Topliss-reactive ketones (excluding diaryl/α,β-unsaturated/α-hetero) is 3. The molecule has 0 radical (unpaired) electrons. The first kappa shape index (κ1) is 65.5. The van der Waals surface area contributed by atoms with Gasteiger partial charge in [-0.05, 0) is 110 Å². The number of aromatic amines is 1. The molecule has 3 heterocycles. The zero-order chi connectivity index (χ0) is 61.4. The van der Waals surface area contributed by atoms with E-state index >= 15 is 0 Å². The van der Waals surface area contributed by atoms with Crippen LogP contribution in [0.1, 0.15) is 161 Å². The fourth-order valence-electron chi connectivity index (χ4n) is 11.6. The number of para-hydroxylation sites is 3. The highest BCUT2D eigenvalue weighted by Crippen LogP contribution is 2.37. The van der Waals surface area contributed by atoms with Crippen molar-refractivity contribution >= 4 is 73.8 Å². The van der Waals surface area contributed by atoms with Crippen LogP contribution in [0.3, 0.4) is 0 Å². The number of aryl methyl sites for hydroxylation is 2. The minimum Gasteiger partial charge on any atom is -0.377 e. The molecule has 4 N–H and O–H groups in total. The SMILES string of the molecule is CCC(=O)CCCCCNC(=O)C1Cc2ccccc2N1Cc1ccc(C)cc1.CCC(=O)CCCCCNC(=O)C1Cc2ccccc2N1Cc1cccc2c(N(C)C)cccc12.CCC(=O)CCCCCNC(=O)c1[nH]c2ccccc2c1C. The summed E-state index contributed by atoms with van der Waals surface area (Å²) in [5, 5.41) is 12.8. The smallest absolute Gasteiger partial charge is 0.268 e. The van der Waals surface area contributed by atoms with Crippen LogP contribution >= 0.6 is 0 Å². The lowest BCUT2D eigenvalue weighted by Crippen LogP contribution is -2.45. The van der Waals surface area contributed by atoms with Crippen LogP contribution in [0.5, 0.6) is 0 Å². The molecular formula is C73H93N7O6. The number of amides is 3. The summed E-state index contributed by atoms with van der Waals surface area (Å²) in [6, 6.07) is 45.6. The van der Waals surface area contributed by atoms with E-state index in [-0.39, 0.29) is 29.8 Å². The van der Waals surface area contributed by atoms with Gasteiger partial charge in [-0.15, -0.1) is 0 Å². The van der Waals surface area contributed by atoms with Gasteiger partial charge >= 0.3 is 0 Å². The van der Waals surface area contributed by atoms with Crippen molar-refractivity contribution in [2.45, 2.75) is 169 Å². The summed E-state index contributed by atoms with van der Waals surface area (Å²) in [7, 11) is 4.14. The average Bonchev–Trinajstić information content (AvgIpc) is 2.13. The number of H-pyrrole nitrogens is 1. The predicted molar refractivity (Wildman–Crippen MR) is 352 cm³/mol. The average molecular weight is 1160 g/mol. The topological polar surface area (TPSA) is 164 Å². The molecule has 456 valence electrons. The molecule has 0 saturated carbocycles. The monoisotopic (exact) mass is 1160 g/mol. The second-order valence-electron chi connectivity index (χ2n) is 23.2. The normalized spacial score (nSPS) is 13.9. The largest absolute Gasteiger partial charge is 0.377 e. The third-order valence-corrected chi connectivity index (χ3v) is 16.7. The molecule has 3 amide bonds. The minimum atomic E-state index is -0.221. The number of carbonyl (C=O) groups is 6. The molecule has 0 aliphatic carbocycles. The fraction of sp³-hybridized carbons (Fsp3) is 0.425. The quantitative estimate of drug-likeness (QED) is 0.0334. The molecule has 2 atom stereocenters. The Kier molecular flexibility index (Phi) is 25.6. The van der Waals surface area contributed by atoms with Crippen molar-refractivity contribution in [1.29, 1.82) is 0 Å². The molecule has 0 saturated heterocycles. The summed E-state index contributed by atoms with van der Waals surface area (Å²) in [6.45, 7) is 13.1. The summed E-state index contributed by atoms with van der Waals surface area (Å²) >= 11 is 0. The number of ketones is 3. The van der Waals surface area contributed by atoms with Crippen molar-refractivity contribution in [3.05, 3.63) is 173 Å². The van der Waals surface area contributed by atoms with Crippen LogP contribution in [0, 0.1) is 13.8 Å². The van der Waals surface area contributed by atoms with Gasteiger partial charge in [-0.3, -0.25) is 28.8 Å². The second-order valence-corrected chi connectivity index (χ2v) is 23.2. The van der Waals surface area contributed by atoms with E-state index in [1.165, 1.54) is 44.3 Å². The molecule has 13 nitrogen and oxygen atoms in total. The molecule has 0 spiro atoms. The van der Waals surface area contributed by atoms with Gasteiger partial charge in [0.05, 0.1) is 0 Å². The Balaban J connectivity index is 0.000000190. The number of hydrogen-bond donors (Lipinski definition) is 4. The molecule has 2 aliphatic rings. The third kappa shape index (κ3) is 18.5. The van der Waals surface area contributed by atoms with E-state index in [1.807, 2.05) is 64.1 Å². The van der Waals surface area contributed by atoms with Crippen molar-refractivity contribution in [2.75, 3.05) is 48.4 Å². The predicted octanol–water partition coefficient (Wildman–Crippen LogP) is 13.8. The van der Waals surface area contributed by atoms with E-state index in [9.17, 15) is 28.8 Å². The second kappa shape index (κ2) is 33.6. The molecule has 0 fully saturated rings. The van der Waals surface area contributed by atoms with Crippen molar-refractivity contribution in [2.24, 2.45) is 0 Å². The lowest BCUT2D eigenvalue weighted by atomic mass is 10.0. The van der Waals surface area contributed by atoms with Crippen LogP contribution < -0.4 is 30.7 Å². The van der Waals surface area contributed by atoms with Gasteiger partial charge in [-0.1, -0.05) is 155 Å². The number of benzene rings is 6. The maximum Gasteiger partial charge on any atom is 0.268 e. The number of fused-ring (bicyclic) bond motifs is 4. The highest BCUT2D eigenvalue weighted by molar-refractivity contribution is 6.01. The van der Waals surface area contributed by atoms with E-state index in [0.717, 1.165) is 105 Å². The minimum absolute atomic E-state index is 0.0571. The molecule has 6 aromatic carbocycles. The van der Waals surface area contributed by atoms with E-state index in [2.05, 4.69) is 154 Å². The van der Waals surface area contributed by atoms with Gasteiger partial charge < -0.3 is 35.6 Å². The Bertz CT molecular complexity index is 3370. The van der Waals surface area contributed by atoms with E-state index in [1.54, 1.807) is 0 Å². The molecule has 0 bridgehead atoms. The third-order valence-electron chi connectivity index (χ3n) is 16.7.